The summed E-state index contributed by atoms with van der Waals surface area (Å²) in [4.78, 5) is 37.8. The van der Waals surface area contributed by atoms with E-state index in [-0.39, 0.29) is 17.7 Å². The topological polar surface area (TPSA) is 78.5 Å². The Morgan fingerprint density at radius 2 is 1.89 bits per heavy atom. The first-order chi connectivity index (χ1) is 13.1. The molecule has 2 N–H and O–H groups in total. The smallest absolute Gasteiger partial charge is 0.255 e. The summed E-state index contributed by atoms with van der Waals surface area (Å²) in [6, 6.07) is 5.55. The highest BCUT2D eigenvalue weighted by Gasteiger charge is 2.38. The zero-order chi connectivity index (χ0) is 18.8. The van der Waals surface area contributed by atoms with Crippen LogP contribution in [0, 0.1) is 5.92 Å². The molecule has 1 aromatic rings. The van der Waals surface area contributed by atoms with Crippen molar-refractivity contribution < 1.29 is 14.4 Å². The van der Waals surface area contributed by atoms with Crippen LogP contribution in [-0.4, -0.2) is 41.8 Å². The van der Waals surface area contributed by atoms with E-state index >= 15 is 0 Å². The Labute approximate surface area is 159 Å². The predicted octanol–water partition coefficient (Wildman–Crippen LogP) is 1.77. The first kappa shape index (κ1) is 18.2. The monoisotopic (exact) mass is 369 g/mol. The number of carbonyl (C=O) groups excluding carboxylic acids is 3. The Kier molecular flexibility index (Phi) is 5.25. The molecule has 1 unspecified atom stereocenters. The molecule has 27 heavy (non-hydrogen) atoms. The molecule has 1 aromatic carbocycles. The summed E-state index contributed by atoms with van der Waals surface area (Å²) in [7, 11) is 0. The van der Waals surface area contributed by atoms with Crippen LogP contribution in [0.15, 0.2) is 18.2 Å². The van der Waals surface area contributed by atoms with E-state index < -0.39 is 6.04 Å². The van der Waals surface area contributed by atoms with Crippen LogP contribution in [0.4, 0.5) is 0 Å². The number of rotatable bonds is 5. The number of aryl methyl sites for hydroxylation is 1. The Hall–Kier alpha value is -2.21. The Morgan fingerprint density at radius 3 is 2.67 bits per heavy atom. The molecule has 0 aliphatic carbocycles. The van der Waals surface area contributed by atoms with Crippen molar-refractivity contribution in [1.29, 1.82) is 0 Å². The van der Waals surface area contributed by atoms with Gasteiger partial charge in [-0.05, 0) is 68.3 Å². The highest BCUT2D eigenvalue weighted by Crippen LogP contribution is 2.29. The highest BCUT2D eigenvalue weighted by molar-refractivity contribution is 6.05. The molecule has 3 amide bonds. The number of nitrogens with one attached hydrogen (secondary N) is 2. The third-order valence-corrected chi connectivity index (χ3v) is 6.12. The zero-order valence-corrected chi connectivity index (χ0v) is 15.6. The van der Waals surface area contributed by atoms with Crippen LogP contribution in [0.3, 0.4) is 0 Å². The molecule has 1 atom stereocenters. The number of amides is 3. The van der Waals surface area contributed by atoms with E-state index in [0.717, 1.165) is 31.0 Å². The van der Waals surface area contributed by atoms with Gasteiger partial charge in [-0.25, -0.2) is 0 Å². The normalized spacial score (nSPS) is 23.5. The van der Waals surface area contributed by atoms with Gasteiger partial charge in [0, 0.05) is 18.5 Å². The average Bonchev–Trinajstić information content (AvgIpc) is 2.99. The maximum atomic E-state index is 12.7. The van der Waals surface area contributed by atoms with E-state index in [4.69, 9.17) is 0 Å². The molecule has 3 heterocycles. The highest BCUT2D eigenvalue weighted by atomic mass is 16.2. The third kappa shape index (κ3) is 3.90. The van der Waals surface area contributed by atoms with Gasteiger partial charge in [-0.3, -0.25) is 19.7 Å². The fourth-order valence-electron chi connectivity index (χ4n) is 4.55. The Balaban J connectivity index is 1.37. The first-order valence-electron chi connectivity index (χ1n) is 10.1. The van der Waals surface area contributed by atoms with Crippen LogP contribution in [0.1, 0.15) is 60.0 Å². The van der Waals surface area contributed by atoms with Gasteiger partial charge in [-0.2, -0.15) is 0 Å². The summed E-state index contributed by atoms with van der Waals surface area (Å²) in [6.45, 7) is 2.74. The predicted molar refractivity (Wildman–Crippen MR) is 101 cm³/mol. The van der Waals surface area contributed by atoms with Gasteiger partial charge in [0.05, 0.1) is 0 Å². The number of piperidine rings is 2. The van der Waals surface area contributed by atoms with Crippen molar-refractivity contribution in [2.45, 2.75) is 57.5 Å². The lowest BCUT2D eigenvalue weighted by atomic mass is 9.91. The number of benzene rings is 1. The fourth-order valence-corrected chi connectivity index (χ4v) is 4.55. The molecule has 3 aliphatic rings. The minimum atomic E-state index is -0.536. The summed E-state index contributed by atoms with van der Waals surface area (Å²) < 4.78 is 0. The average molecular weight is 369 g/mol. The lowest BCUT2D eigenvalue weighted by Gasteiger charge is -2.29. The van der Waals surface area contributed by atoms with E-state index in [1.807, 2.05) is 12.1 Å². The number of fused-ring (bicyclic) bond motifs is 1. The van der Waals surface area contributed by atoms with E-state index in [2.05, 4.69) is 16.7 Å². The molecule has 3 aliphatic heterocycles. The SMILES string of the molecule is O=C1CCC(N2Cc3cc(CCCC4CCNCC4)ccc3C2=O)C(=O)N1. The van der Waals surface area contributed by atoms with Crippen molar-refractivity contribution in [3.05, 3.63) is 34.9 Å². The molecule has 0 saturated carbocycles. The van der Waals surface area contributed by atoms with Crippen molar-refractivity contribution in [2.24, 2.45) is 5.92 Å². The molecule has 0 aromatic heterocycles. The number of hydrogen-bond acceptors (Lipinski definition) is 4. The second-order valence-electron chi connectivity index (χ2n) is 7.98. The van der Waals surface area contributed by atoms with Crippen LogP contribution >= 0.6 is 0 Å². The number of nitrogens with zero attached hydrogens (tertiary/aromatic N) is 1. The van der Waals surface area contributed by atoms with Crippen LogP contribution < -0.4 is 10.6 Å². The molecule has 6 nitrogen and oxygen atoms in total. The van der Waals surface area contributed by atoms with Crippen LogP contribution in [0.25, 0.3) is 0 Å². The molecule has 0 radical (unpaired) electrons. The van der Waals surface area contributed by atoms with E-state index in [9.17, 15) is 14.4 Å². The van der Waals surface area contributed by atoms with Crippen molar-refractivity contribution in [2.75, 3.05) is 13.1 Å². The molecular formula is C21H27N3O3. The quantitative estimate of drug-likeness (QED) is 0.776. The summed E-state index contributed by atoms with van der Waals surface area (Å²) in [5.41, 5.74) is 2.96. The zero-order valence-electron chi connectivity index (χ0n) is 15.6. The van der Waals surface area contributed by atoms with Gasteiger partial charge in [-0.1, -0.05) is 18.6 Å². The third-order valence-electron chi connectivity index (χ3n) is 6.12. The van der Waals surface area contributed by atoms with Crippen molar-refractivity contribution >= 4 is 17.7 Å². The lowest BCUT2D eigenvalue weighted by molar-refractivity contribution is -0.136. The van der Waals surface area contributed by atoms with Crippen LogP contribution in [0.5, 0.6) is 0 Å². The van der Waals surface area contributed by atoms with Crippen molar-refractivity contribution in [3.8, 4) is 0 Å². The first-order valence-corrected chi connectivity index (χ1v) is 10.1. The van der Waals surface area contributed by atoms with Gasteiger partial charge in [0.25, 0.3) is 5.91 Å². The number of carbonyl (C=O) groups is 3. The summed E-state index contributed by atoms with van der Waals surface area (Å²) >= 11 is 0. The maximum Gasteiger partial charge on any atom is 0.255 e. The molecule has 2 saturated heterocycles. The summed E-state index contributed by atoms with van der Waals surface area (Å²) in [5, 5.41) is 5.76. The Morgan fingerprint density at radius 1 is 1.07 bits per heavy atom. The van der Waals surface area contributed by atoms with Crippen molar-refractivity contribution in [3.63, 3.8) is 0 Å². The van der Waals surface area contributed by atoms with Gasteiger partial charge < -0.3 is 10.2 Å². The van der Waals surface area contributed by atoms with Crippen LogP contribution in [0.2, 0.25) is 0 Å². The number of imide groups is 1. The van der Waals surface area contributed by atoms with Crippen LogP contribution in [-0.2, 0) is 22.6 Å². The number of hydrogen-bond donors (Lipinski definition) is 2. The van der Waals surface area contributed by atoms with Gasteiger partial charge in [-0.15, -0.1) is 0 Å². The molecule has 2 fully saturated rings. The molecule has 6 heteroatoms. The van der Waals surface area contributed by atoms with Gasteiger partial charge in [0.2, 0.25) is 11.8 Å². The molecule has 4 rings (SSSR count). The lowest BCUT2D eigenvalue weighted by Crippen LogP contribution is -2.52. The van der Waals surface area contributed by atoms with Gasteiger partial charge in [0.1, 0.15) is 6.04 Å². The van der Waals surface area contributed by atoms with Gasteiger partial charge >= 0.3 is 0 Å². The summed E-state index contributed by atoms with van der Waals surface area (Å²) in [5.74, 6) is 0.136. The van der Waals surface area contributed by atoms with Crippen molar-refractivity contribution in [1.82, 2.24) is 15.5 Å². The second-order valence-corrected chi connectivity index (χ2v) is 7.98. The minimum Gasteiger partial charge on any atom is -0.322 e. The largest absolute Gasteiger partial charge is 0.322 e. The minimum absolute atomic E-state index is 0.0965. The van der Waals surface area contributed by atoms with E-state index in [0.29, 0.717) is 24.9 Å². The fraction of sp³-hybridized carbons (Fsp3) is 0.571. The van der Waals surface area contributed by atoms with Gasteiger partial charge in [0.15, 0.2) is 0 Å². The molecule has 0 bridgehead atoms. The molecular weight excluding hydrogens is 342 g/mol. The Bertz CT molecular complexity index is 755. The maximum absolute atomic E-state index is 12.7. The van der Waals surface area contributed by atoms with E-state index in [1.165, 1.54) is 31.2 Å². The standard InChI is InChI=1S/C21H27N3O3/c25-19-7-6-18(20(26)23-19)24-13-16-12-15(4-5-17(16)21(24)27)3-1-2-14-8-10-22-11-9-14/h4-5,12,14,18,22H,1-3,6-11,13H2,(H,23,25,26). The second kappa shape index (κ2) is 7.80. The molecule has 144 valence electrons. The van der Waals surface area contributed by atoms with E-state index in [1.54, 1.807) is 4.90 Å². The summed E-state index contributed by atoms with van der Waals surface area (Å²) in [6.07, 6.45) is 6.73. The molecule has 0 spiro atoms.